The molecular formula is C36H24N4. The first-order valence-electron chi connectivity index (χ1n) is 13.4. The molecule has 0 aliphatic carbocycles. The number of rotatable bonds is 4. The quantitative estimate of drug-likeness (QED) is 0.236. The number of aromatic nitrogens is 4. The van der Waals surface area contributed by atoms with Crippen LogP contribution in [0.1, 0.15) is 0 Å². The van der Waals surface area contributed by atoms with Gasteiger partial charge in [0, 0.05) is 27.8 Å². The molecule has 0 aliphatic heterocycles. The van der Waals surface area contributed by atoms with Gasteiger partial charge >= 0.3 is 0 Å². The Hall–Kier alpha value is -5.48. The monoisotopic (exact) mass is 512 g/mol. The van der Waals surface area contributed by atoms with Crippen LogP contribution in [0.3, 0.4) is 0 Å². The van der Waals surface area contributed by atoms with E-state index in [-0.39, 0.29) is 0 Å². The molecule has 0 spiro atoms. The summed E-state index contributed by atoms with van der Waals surface area (Å²) in [5.41, 5.74) is 10.7. The van der Waals surface area contributed by atoms with Gasteiger partial charge in [-0.25, -0.2) is 9.50 Å². The summed E-state index contributed by atoms with van der Waals surface area (Å²) in [7, 11) is 0. The van der Waals surface area contributed by atoms with Crippen molar-refractivity contribution in [3.05, 3.63) is 146 Å². The van der Waals surface area contributed by atoms with Crippen LogP contribution in [0.25, 0.3) is 66.9 Å². The normalized spacial score (nSPS) is 11.5. The minimum Gasteiger partial charge on any atom is -0.292 e. The van der Waals surface area contributed by atoms with Crippen LogP contribution in [0.2, 0.25) is 0 Å². The maximum atomic E-state index is 5.16. The molecule has 8 rings (SSSR count). The highest BCUT2D eigenvalue weighted by atomic mass is 15.2. The molecule has 40 heavy (non-hydrogen) atoms. The number of hydrogen-bond donors (Lipinski definition) is 0. The van der Waals surface area contributed by atoms with Gasteiger partial charge in [0.25, 0.3) is 0 Å². The number of para-hydroxylation sites is 3. The Labute approximate surface area is 231 Å². The first-order chi connectivity index (χ1) is 19.8. The molecule has 5 aromatic carbocycles. The lowest BCUT2D eigenvalue weighted by Crippen LogP contribution is -1.97. The Morgan fingerprint density at radius 2 is 1.10 bits per heavy atom. The predicted molar refractivity (Wildman–Crippen MR) is 164 cm³/mol. The Bertz CT molecular complexity index is 2140. The van der Waals surface area contributed by atoms with Crippen molar-refractivity contribution in [1.29, 1.82) is 0 Å². The standard InChI is InChI=1S/C36H24N4/c1-3-12-27(13-4-1)35-34(33-24-21-25-11-7-9-17-31(25)40(33)38-35)26-19-22-29(23-20-26)39-32-18-10-8-16-30(32)37-36(39)28-14-5-2-6-15-28/h1-24H. The van der Waals surface area contributed by atoms with Crippen molar-refractivity contribution in [2.24, 2.45) is 0 Å². The summed E-state index contributed by atoms with van der Waals surface area (Å²) in [5.74, 6) is 0.932. The summed E-state index contributed by atoms with van der Waals surface area (Å²) in [4.78, 5) is 5.00. The first kappa shape index (κ1) is 22.5. The van der Waals surface area contributed by atoms with Gasteiger partial charge in [0.1, 0.15) is 11.5 Å². The lowest BCUT2D eigenvalue weighted by molar-refractivity contribution is 1.01. The maximum absolute atomic E-state index is 5.16. The second-order valence-corrected chi connectivity index (χ2v) is 9.95. The fraction of sp³-hybridized carbons (Fsp3) is 0. The van der Waals surface area contributed by atoms with E-state index in [0.717, 1.165) is 61.5 Å². The van der Waals surface area contributed by atoms with Crippen molar-refractivity contribution in [3.8, 4) is 39.5 Å². The van der Waals surface area contributed by atoms with Gasteiger partial charge in [-0.3, -0.25) is 4.57 Å². The number of benzene rings is 5. The Balaban J connectivity index is 1.34. The molecule has 0 amide bonds. The van der Waals surface area contributed by atoms with Crippen LogP contribution in [0.4, 0.5) is 0 Å². The molecule has 0 bridgehead atoms. The molecule has 3 aromatic heterocycles. The molecule has 0 aliphatic rings. The van der Waals surface area contributed by atoms with Crippen molar-refractivity contribution in [3.63, 3.8) is 0 Å². The van der Waals surface area contributed by atoms with Crippen molar-refractivity contribution < 1.29 is 0 Å². The highest BCUT2D eigenvalue weighted by Crippen LogP contribution is 2.37. The van der Waals surface area contributed by atoms with Gasteiger partial charge < -0.3 is 0 Å². The summed E-state index contributed by atoms with van der Waals surface area (Å²) in [5, 5.41) is 6.32. The van der Waals surface area contributed by atoms with E-state index in [9.17, 15) is 0 Å². The van der Waals surface area contributed by atoms with Crippen molar-refractivity contribution in [2.45, 2.75) is 0 Å². The highest BCUT2D eigenvalue weighted by molar-refractivity contribution is 5.96. The number of nitrogens with zero attached hydrogens (tertiary/aromatic N) is 4. The summed E-state index contributed by atoms with van der Waals surface area (Å²) in [6, 6.07) is 50.7. The summed E-state index contributed by atoms with van der Waals surface area (Å²) in [6.45, 7) is 0. The fourth-order valence-corrected chi connectivity index (χ4v) is 5.69. The molecule has 4 heteroatoms. The first-order valence-corrected chi connectivity index (χ1v) is 13.4. The lowest BCUT2D eigenvalue weighted by atomic mass is 9.99. The third-order valence-electron chi connectivity index (χ3n) is 7.56. The zero-order chi connectivity index (χ0) is 26.5. The predicted octanol–water partition coefficient (Wildman–Crippen LogP) is 8.83. The minimum absolute atomic E-state index is 0.932. The molecule has 0 saturated carbocycles. The SMILES string of the molecule is c1ccc(-c2nn3c(ccc4ccccc43)c2-c2ccc(-n3c(-c4ccccc4)nc4ccccc43)cc2)cc1. The van der Waals surface area contributed by atoms with Crippen molar-refractivity contribution in [1.82, 2.24) is 19.2 Å². The number of pyridine rings is 1. The van der Waals surface area contributed by atoms with Crippen LogP contribution in [0, 0.1) is 0 Å². The molecule has 0 unspecified atom stereocenters. The van der Waals surface area contributed by atoms with E-state index in [1.165, 1.54) is 5.39 Å². The van der Waals surface area contributed by atoms with Crippen LogP contribution in [0.15, 0.2) is 146 Å². The third kappa shape index (κ3) is 3.54. The van der Waals surface area contributed by atoms with E-state index in [1.807, 2.05) is 18.2 Å². The van der Waals surface area contributed by atoms with Crippen LogP contribution < -0.4 is 0 Å². The van der Waals surface area contributed by atoms with Crippen molar-refractivity contribution in [2.75, 3.05) is 0 Å². The number of imidazole rings is 1. The smallest absolute Gasteiger partial charge is 0.145 e. The fourth-order valence-electron chi connectivity index (χ4n) is 5.69. The molecule has 0 N–H and O–H groups in total. The van der Waals surface area contributed by atoms with Gasteiger partial charge in [-0.2, -0.15) is 5.10 Å². The second-order valence-electron chi connectivity index (χ2n) is 9.95. The van der Waals surface area contributed by atoms with Gasteiger partial charge in [0.2, 0.25) is 0 Å². The molecular weight excluding hydrogens is 488 g/mol. The second kappa shape index (κ2) is 9.07. The molecule has 188 valence electrons. The maximum Gasteiger partial charge on any atom is 0.145 e. The largest absolute Gasteiger partial charge is 0.292 e. The average Bonchev–Trinajstić information content (AvgIpc) is 3.62. The van der Waals surface area contributed by atoms with Gasteiger partial charge in [0.05, 0.1) is 22.1 Å². The van der Waals surface area contributed by atoms with Crippen LogP contribution in [0.5, 0.6) is 0 Å². The van der Waals surface area contributed by atoms with E-state index in [0.29, 0.717) is 0 Å². The molecule has 0 radical (unpaired) electrons. The highest BCUT2D eigenvalue weighted by Gasteiger charge is 2.19. The average molecular weight is 513 g/mol. The van der Waals surface area contributed by atoms with Crippen LogP contribution in [-0.2, 0) is 0 Å². The topological polar surface area (TPSA) is 35.1 Å². The Morgan fingerprint density at radius 1 is 0.450 bits per heavy atom. The van der Waals surface area contributed by atoms with Gasteiger partial charge in [0.15, 0.2) is 0 Å². The minimum atomic E-state index is 0.932. The van der Waals surface area contributed by atoms with E-state index < -0.39 is 0 Å². The molecule has 3 heterocycles. The zero-order valence-electron chi connectivity index (χ0n) is 21.6. The number of fused-ring (bicyclic) bond motifs is 4. The van der Waals surface area contributed by atoms with Gasteiger partial charge in [-0.05, 0) is 42.0 Å². The molecule has 8 aromatic rings. The lowest BCUT2D eigenvalue weighted by Gasteiger charge is -2.11. The summed E-state index contributed by atoms with van der Waals surface area (Å²) < 4.78 is 4.33. The van der Waals surface area contributed by atoms with Gasteiger partial charge in [-0.1, -0.05) is 109 Å². The van der Waals surface area contributed by atoms with E-state index in [1.54, 1.807) is 0 Å². The Morgan fingerprint density at radius 3 is 1.88 bits per heavy atom. The third-order valence-corrected chi connectivity index (χ3v) is 7.56. The van der Waals surface area contributed by atoms with Gasteiger partial charge in [-0.15, -0.1) is 0 Å². The number of hydrogen-bond acceptors (Lipinski definition) is 2. The van der Waals surface area contributed by atoms with E-state index in [2.05, 4.69) is 136 Å². The molecule has 0 fully saturated rings. The zero-order valence-corrected chi connectivity index (χ0v) is 21.6. The van der Waals surface area contributed by atoms with Crippen LogP contribution in [-0.4, -0.2) is 19.2 Å². The van der Waals surface area contributed by atoms with E-state index in [4.69, 9.17) is 10.1 Å². The molecule has 0 atom stereocenters. The summed E-state index contributed by atoms with van der Waals surface area (Å²) >= 11 is 0. The summed E-state index contributed by atoms with van der Waals surface area (Å²) in [6.07, 6.45) is 0. The molecule has 4 nitrogen and oxygen atoms in total. The molecule has 0 saturated heterocycles. The van der Waals surface area contributed by atoms with Crippen LogP contribution >= 0.6 is 0 Å². The Kier molecular flexibility index (Phi) is 5.10. The van der Waals surface area contributed by atoms with Crippen molar-refractivity contribution >= 4 is 27.5 Å². The van der Waals surface area contributed by atoms with E-state index >= 15 is 0 Å².